The third-order valence-electron chi connectivity index (χ3n) is 4.33. The Bertz CT molecular complexity index is 833. The number of aromatic nitrogens is 2. The first-order valence-corrected chi connectivity index (χ1v) is 9.44. The first-order chi connectivity index (χ1) is 12.7. The van der Waals surface area contributed by atoms with Crippen LogP contribution in [-0.4, -0.2) is 22.4 Å². The van der Waals surface area contributed by atoms with E-state index in [9.17, 15) is 9.18 Å². The number of hydrogen-bond donors (Lipinski definition) is 1. The predicted molar refractivity (Wildman–Crippen MR) is 106 cm³/mol. The predicted octanol–water partition coefficient (Wildman–Crippen LogP) is 4.60. The van der Waals surface area contributed by atoms with Crippen LogP contribution < -0.4 is 10.2 Å². The van der Waals surface area contributed by atoms with E-state index in [1.54, 1.807) is 12.3 Å². The van der Waals surface area contributed by atoms with Gasteiger partial charge in [-0.1, -0.05) is 38.4 Å². The lowest BCUT2D eigenvalue weighted by molar-refractivity contribution is -0.117. The van der Waals surface area contributed by atoms with Gasteiger partial charge in [-0.3, -0.25) is 4.79 Å². The van der Waals surface area contributed by atoms with Crippen molar-refractivity contribution in [2.75, 3.05) is 16.8 Å². The molecule has 0 saturated carbocycles. The lowest BCUT2D eigenvalue weighted by atomic mass is 9.92. The van der Waals surface area contributed by atoms with Crippen LogP contribution in [0.2, 0.25) is 5.15 Å². The SMILES string of the molecule is CC(C)(C)CC(=O)Nc1nc2c(cc1F)N(Cc1ccc(Cl)nc1)CCC2. The number of carbonyl (C=O) groups is 1. The van der Waals surface area contributed by atoms with Gasteiger partial charge in [0.1, 0.15) is 5.15 Å². The van der Waals surface area contributed by atoms with Crippen LogP contribution in [0.3, 0.4) is 0 Å². The first kappa shape index (κ1) is 19.5. The Morgan fingerprint density at radius 1 is 1.37 bits per heavy atom. The highest BCUT2D eigenvalue weighted by molar-refractivity contribution is 6.29. The highest BCUT2D eigenvalue weighted by Crippen LogP contribution is 2.31. The van der Waals surface area contributed by atoms with Crippen LogP contribution in [0.1, 0.15) is 44.9 Å². The molecule has 1 N–H and O–H groups in total. The zero-order chi connectivity index (χ0) is 19.6. The van der Waals surface area contributed by atoms with E-state index in [1.807, 2.05) is 26.8 Å². The molecule has 0 atom stereocenters. The summed E-state index contributed by atoms with van der Waals surface area (Å²) in [6.07, 6.45) is 3.71. The third kappa shape index (κ3) is 5.16. The van der Waals surface area contributed by atoms with Crippen LogP contribution >= 0.6 is 11.6 Å². The average molecular weight is 391 g/mol. The summed E-state index contributed by atoms with van der Waals surface area (Å²) in [7, 11) is 0. The Labute approximate surface area is 164 Å². The van der Waals surface area contributed by atoms with Gasteiger partial charge < -0.3 is 10.2 Å². The molecular weight excluding hydrogens is 367 g/mol. The number of pyridine rings is 2. The minimum atomic E-state index is -0.517. The second-order valence-electron chi connectivity index (χ2n) is 8.08. The molecule has 0 aromatic carbocycles. The molecule has 144 valence electrons. The first-order valence-electron chi connectivity index (χ1n) is 9.06. The Hall–Kier alpha value is -2.21. The van der Waals surface area contributed by atoms with Crippen molar-refractivity contribution in [1.29, 1.82) is 0 Å². The molecule has 1 aliphatic heterocycles. The Morgan fingerprint density at radius 3 is 2.81 bits per heavy atom. The van der Waals surface area contributed by atoms with Crippen molar-refractivity contribution in [3.8, 4) is 0 Å². The number of halogens is 2. The van der Waals surface area contributed by atoms with Gasteiger partial charge in [0.2, 0.25) is 5.91 Å². The average Bonchev–Trinajstić information content (AvgIpc) is 2.56. The lowest BCUT2D eigenvalue weighted by Crippen LogP contribution is -2.30. The van der Waals surface area contributed by atoms with Crippen molar-refractivity contribution in [3.63, 3.8) is 0 Å². The molecule has 2 aromatic rings. The number of rotatable bonds is 4. The number of nitrogens with one attached hydrogen (secondary N) is 1. The molecule has 1 aliphatic rings. The van der Waals surface area contributed by atoms with E-state index >= 15 is 0 Å². The van der Waals surface area contributed by atoms with Crippen LogP contribution in [0, 0.1) is 11.2 Å². The van der Waals surface area contributed by atoms with Crippen LogP contribution in [-0.2, 0) is 17.8 Å². The Balaban J connectivity index is 1.79. The second-order valence-corrected chi connectivity index (χ2v) is 8.47. The quantitative estimate of drug-likeness (QED) is 0.775. The van der Waals surface area contributed by atoms with Crippen molar-refractivity contribution in [1.82, 2.24) is 9.97 Å². The van der Waals surface area contributed by atoms with E-state index in [0.29, 0.717) is 18.1 Å². The van der Waals surface area contributed by atoms with Gasteiger partial charge in [-0.25, -0.2) is 14.4 Å². The van der Waals surface area contributed by atoms with Gasteiger partial charge in [-0.15, -0.1) is 0 Å². The molecule has 0 unspecified atom stereocenters. The molecule has 2 aromatic heterocycles. The van der Waals surface area contributed by atoms with Crippen LogP contribution in [0.4, 0.5) is 15.9 Å². The van der Waals surface area contributed by atoms with Gasteiger partial charge in [0.05, 0.1) is 11.4 Å². The number of anilines is 2. The zero-order valence-corrected chi connectivity index (χ0v) is 16.6. The summed E-state index contributed by atoms with van der Waals surface area (Å²) in [5, 5.41) is 3.06. The van der Waals surface area contributed by atoms with E-state index in [2.05, 4.69) is 20.2 Å². The van der Waals surface area contributed by atoms with Crippen molar-refractivity contribution in [2.24, 2.45) is 5.41 Å². The molecule has 5 nitrogen and oxygen atoms in total. The normalized spacial score (nSPS) is 14.0. The number of hydrogen-bond acceptors (Lipinski definition) is 4. The van der Waals surface area contributed by atoms with Crippen LogP contribution in [0.5, 0.6) is 0 Å². The van der Waals surface area contributed by atoms with E-state index in [-0.39, 0.29) is 17.1 Å². The maximum absolute atomic E-state index is 14.6. The van der Waals surface area contributed by atoms with Gasteiger partial charge in [0.15, 0.2) is 11.6 Å². The van der Waals surface area contributed by atoms with Gasteiger partial charge in [-0.05, 0) is 29.9 Å². The molecule has 0 bridgehead atoms. The number of carbonyl (C=O) groups excluding carboxylic acids is 1. The minimum absolute atomic E-state index is 0.0120. The number of aryl methyl sites for hydroxylation is 1. The van der Waals surface area contributed by atoms with Crippen molar-refractivity contribution < 1.29 is 9.18 Å². The largest absolute Gasteiger partial charge is 0.366 e. The van der Waals surface area contributed by atoms with Crippen LogP contribution in [0.25, 0.3) is 0 Å². The van der Waals surface area contributed by atoms with Gasteiger partial charge in [0, 0.05) is 31.8 Å². The van der Waals surface area contributed by atoms with E-state index in [4.69, 9.17) is 11.6 Å². The summed E-state index contributed by atoms with van der Waals surface area (Å²) in [6, 6.07) is 5.13. The molecule has 0 saturated heterocycles. The fourth-order valence-electron chi connectivity index (χ4n) is 3.16. The molecule has 0 aliphatic carbocycles. The lowest BCUT2D eigenvalue weighted by Gasteiger charge is -2.31. The summed E-state index contributed by atoms with van der Waals surface area (Å²) in [4.78, 5) is 22.7. The topological polar surface area (TPSA) is 58.1 Å². The summed E-state index contributed by atoms with van der Waals surface area (Å²) in [5.74, 6) is -0.732. The maximum atomic E-state index is 14.6. The van der Waals surface area contributed by atoms with Crippen molar-refractivity contribution in [3.05, 3.63) is 46.6 Å². The summed E-state index contributed by atoms with van der Waals surface area (Å²) < 4.78 is 14.6. The molecule has 0 radical (unpaired) electrons. The summed E-state index contributed by atoms with van der Waals surface area (Å²) in [6.45, 7) is 7.31. The molecule has 0 spiro atoms. The van der Waals surface area contributed by atoms with Crippen molar-refractivity contribution in [2.45, 2.75) is 46.6 Å². The Kier molecular flexibility index (Phi) is 5.65. The molecule has 3 heterocycles. The monoisotopic (exact) mass is 390 g/mol. The van der Waals surface area contributed by atoms with E-state index in [0.717, 1.165) is 36.3 Å². The minimum Gasteiger partial charge on any atom is -0.366 e. The number of nitrogens with zero attached hydrogens (tertiary/aromatic N) is 3. The molecular formula is C20H24ClFN4O. The molecule has 7 heteroatoms. The highest BCUT2D eigenvalue weighted by Gasteiger charge is 2.23. The Morgan fingerprint density at radius 2 is 2.15 bits per heavy atom. The summed E-state index contributed by atoms with van der Waals surface area (Å²) >= 11 is 5.84. The molecule has 27 heavy (non-hydrogen) atoms. The van der Waals surface area contributed by atoms with Crippen LogP contribution in [0.15, 0.2) is 24.4 Å². The summed E-state index contributed by atoms with van der Waals surface area (Å²) in [5.41, 5.74) is 2.39. The standard InChI is InChI=1S/C20H24ClFN4O/c1-20(2,3)10-18(27)25-19-14(22)9-16-15(24-19)5-4-8-26(16)12-13-6-7-17(21)23-11-13/h6-7,9,11H,4-5,8,10,12H2,1-3H3,(H,24,25,27). The number of fused-ring (bicyclic) bond motifs is 1. The third-order valence-corrected chi connectivity index (χ3v) is 4.55. The maximum Gasteiger partial charge on any atom is 0.226 e. The fraction of sp³-hybridized carbons (Fsp3) is 0.450. The van der Waals surface area contributed by atoms with Gasteiger partial charge in [0.25, 0.3) is 0 Å². The second kappa shape index (κ2) is 7.80. The van der Waals surface area contributed by atoms with Gasteiger partial charge >= 0.3 is 0 Å². The molecule has 0 fully saturated rings. The number of amides is 1. The van der Waals surface area contributed by atoms with Gasteiger partial charge in [-0.2, -0.15) is 0 Å². The zero-order valence-electron chi connectivity index (χ0n) is 15.9. The fourth-order valence-corrected chi connectivity index (χ4v) is 3.27. The molecule has 1 amide bonds. The highest BCUT2D eigenvalue weighted by atomic mass is 35.5. The van der Waals surface area contributed by atoms with Crippen molar-refractivity contribution >= 4 is 29.0 Å². The van der Waals surface area contributed by atoms with E-state index in [1.165, 1.54) is 6.07 Å². The van der Waals surface area contributed by atoms with E-state index < -0.39 is 5.82 Å². The molecule has 3 rings (SSSR count). The smallest absolute Gasteiger partial charge is 0.226 e.